The van der Waals surface area contributed by atoms with Crippen LogP contribution in [-0.2, 0) is 4.79 Å². The molecule has 2 rings (SSSR count). The van der Waals surface area contributed by atoms with Gasteiger partial charge in [0.15, 0.2) is 11.9 Å². The van der Waals surface area contributed by atoms with E-state index in [9.17, 15) is 14.4 Å². The summed E-state index contributed by atoms with van der Waals surface area (Å²) in [6.07, 6.45) is 0.619. The van der Waals surface area contributed by atoms with E-state index in [1.54, 1.807) is 25.1 Å². The molecule has 8 heteroatoms. The summed E-state index contributed by atoms with van der Waals surface area (Å²) in [5.74, 6) is -0.716. The summed E-state index contributed by atoms with van der Waals surface area (Å²) in [4.78, 5) is 37.7. The second-order valence-corrected chi connectivity index (χ2v) is 5.93. The summed E-state index contributed by atoms with van der Waals surface area (Å²) in [5, 5.41) is 0. The van der Waals surface area contributed by atoms with E-state index in [1.165, 1.54) is 19.2 Å². The number of carbonyl (C=O) groups excluding carboxylic acids is 3. The maximum atomic E-state index is 12.0. The van der Waals surface area contributed by atoms with Gasteiger partial charge >= 0.3 is 0 Å². The van der Waals surface area contributed by atoms with Crippen LogP contribution in [-0.4, -0.2) is 28.7 Å². The van der Waals surface area contributed by atoms with Gasteiger partial charge < -0.3 is 9.72 Å². The van der Waals surface area contributed by atoms with Crippen LogP contribution in [0.15, 0.2) is 41.0 Å². The molecular weight excluding hydrogens is 378 g/mol. The van der Waals surface area contributed by atoms with Crippen LogP contribution >= 0.6 is 15.9 Å². The lowest BCUT2D eigenvalue weighted by atomic mass is 10.2. The molecule has 0 unspecified atom stereocenters. The van der Waals surface area contributed by atoms with Gasteiger partial charge in [-0.05, 0) is 38.1 Å². The first kappa shape index (κ1) is 17.7. The molecule has 7 nitrogen and oxygen atoms in total. The summed E-state index contributed by atoms with van der Waals surface area (Å²) >= 11 is 3.31. The van der Waals surface area contributed by atoms with Gasteiger partial charge in [-0.25, -0.2) is 0 Å². The van der Waals surface area contributed by atoms with Gasteiger partial charge in [0.1, 0.15) is 11.4 Å². The van der Waals surface area contributed by atoms with Crippen molar-refractivity contribution in [3.05, 3.63) is 52.3 Å². The zero-order valence-electron chi connectivity index (χ0n) is 13.1. The normalized spacial score (nSPS) is 11.5. The van der Waals surface area contributed by atoms with E-state index in [1.807, 2.05) is 6.07 Å². The van der Waals surface area contributed by atoms with E-state index in [-0.39, 0.29) is 11.5 Å². The van der Waals surface area contributed by atoms with Crippen LogP contribution in [0.1, 0.15) is 34.7 Å². The van der Waals surface area contributed by atoms with E-state index in [2.05, 4.69) is 31.8 Å². The SMILES string of the molecule is CC(=O)c1c[nH]c(C(=O)NNC(=O)[C@H](C)Oc2cccc(Br)c2)c1. The Morgan fingerprint density at radius 2 is 1.96 bits per heavy atom. The molecule has 0 fully saturated rings. The zero-order chi connectivity index (χ0) is 17.7. The first-order chi connectivity index (χ1) is 11.4. The third-order valence-electron chi connectivity index (χ3n) is 3.11. The molecule has 1 heterocycles. The summed E-state index contributed by atoms with van der Waals surface area (Å²) in [6.45, 7) is 2.96. The van der Waals surface area contributed by atoms with Gasteiger partial charge in [0, 0.05) is 16.2 Å². The Kier molecular flexibility index (Phi) is 5.75. The highest BCUT2D eigenvalue weighted by atomic mass is 79.9. The molecule has 2 amide bonds. The van der Waals surface area contributed by atoms with Crippen molar-refractivity contribution < 1.29 is 19.1 Å². The number of carbonyl (C=O) groups is 3. The summed E-state index contributed by atoms with van der Waals surface area (Å²) in [7, 11) is 0. The number of ether oxygens (including phenoxy) is 1. The zero-order valence-corrected chi connectivity index (χ0v) is 14.6. The van der Waals surface area contributed by atoms with Crippen LogP contribution < -0.4 is 15.6 Å². The number of Topliss-reactive ketones (excluding diaryl/α,β-unsaturated/α-hetero) is 1. The molecule has 0 bridgehead atoms. The Balaban J connectivity index is 1.87. The third kappa shape index (κ3) is 4.69. The Labute approximate surface area is 146 Å². The van der Waals surface area contributed by atoms with Crippen molar-refractivity contribution in [3.63, 3.8) is 0 Å². The fraction of sp³-hybridized carbons (Fsp3) is 0.188. The van der Waals surface area contributed by atoms with Crippen molar-refractivity contribution in [1.82, 2.24) is 15.8 Å². The van der Waals surface area contributed by atoms with Gasteiger partial charge in [0.25, 0.3) is 11.8 Å². The molecule has 0 aliphatic rings. The van der Waals surface area contributed by atoms with E-state index in [0.29, 0.717) is 11.3 Å². The Bertz CT molecular complexity index is 772. The minimum Gasteiger partial charge on any atom is -0.481 e. The van der Waals surface area contributed by atoms with Gasteiger partial charge in [-0.2, -0.15) is 0 Å². The minimum absolute atomic E-state index is 0.162. The highest BCUT2D eigenvalue weighted by Gasteiger charge is 2.17. The monoisotopic (exact) mass is 393 g/mol. The van der Waals surface area contributed by atoms with Gasteiger partial charge in [-0.15, -0.1) is 0 Å². The number of ketones is 1. The second kappa shape index (κ2) is 7.78. The number of rotatable bonds is 5. The largest absolute Gasteiger partial charge is 0.481 e. The number of aromatic amines is 1. The number of aromatic nitrogens is 1. The lowest BCUT2D eigenvalue weighted by Gasteiger charge is -2.15. The molecule has 0 spiro atoms. The number of nitrogens with one attached hydrogen (secondary N) is 3. The Morgan fingerprint density at radius 1 is 1.21 bits per heavy atom. The molecule has 3 N–H and O–H groups in total. The number of hydrogen-bond donors (Lipinski definition) is 3. The van der Waals surface area contributed by atoms with E-state index in [4.69, 9.17) is 4.74 Å². The van der Waals surface area contributed by atoms with Crippen LogP contribution in [0.25, 0.3) is 0 Å². The maximum Gasteiger partial charge on any atom is 0.286 e. The van der Waals surface area contributed by atoms with Gasteiger partial charge in [-0.3, -0.25) is 25.2 Å². The van der Waals surface area contributed by atoms with E-state index in [0.717, 1.165) is 4.47 Å². The fourth-order valence-electron chi connectivity index (χ4n) is 1.81. The molecule has 0 aliphatic carbocycles. The van der Waals surface area contributed by atoms with Gasteiger partial charge in [-0.1, -0.05) is 22.0 Å². The van der Waals surface area contributed by atoms with Crippen LogP contribution in [0.5, 0.6) is 5.75 Å². The number of hydrogen-bond acceptors (Lipinski definition) is 4. The van der Waals surface area contributed by atoms with Crippen molar-refractivity contribution in [3.8, 4) is 5.75 Å². The first-order valence-corrected chi connectivity index (χ1v) is 7.88. The average Bonchev–Trinajstić information content (AvgIpc) is 3.02. The summed E-state index contributed by atoms with van der Waals surface area (Å²) < 4.78 is 6.31. The van der Waals surface area contributed by atoms with Crippen molar-refractivity contribution in [2.75, 3.05) is 0 Å². The summed E-state index contributed by atoms with van der Waals surface area (Å²) in [5.41, 5.74) is 5.09. The first-order valence-electron chi connectivity index (χ1n) is 7.08. The van der Waals surface area contributed by atoms with Crippen LogP contribution in [0.2, 0.25) is 0 Å². The van der Waals surface area contributed by atoms with E-state index < -0.39 is 17.9 Å². The number of halogens is 1. The standard InChI is InChI=1S/C16H16BrN3O4/c1-9(21)11-6-14(18-8-11)16(23)20-19-15(22)10(2)24-13-5-3-4-12(17)7-13/h3-8,10,18H,1-2H3,(H,19,22)(H,20,23)/t10-/m0/s1. The molecule has 24 heavy (non-hydrogen) atoms. The van der Waals surface area contributed by atoms with Crippen LogP contribution in [0, 0.1) is 0 Å². The summed E-state index contributed by atoms with van der Waals surface area (Å²) in [6, 6.07) is 8.47. The molecule has 1 aromatic carbocycles. The topological polar surface area (TPSA) is 100 Å². The molecule has 0 saturated carbocycles. The number of amides is 2. The van der Waals surface area contributed by atoms with Crippen LogP contribution in [0.3, 0.4) is 0 Å². The average molecular weight is 394 g/mol. The molecule has 1 aromatic heterocycles. The Morgan fingerprint density at radius 3 is 2.58 bits per heavy atom. The highest BCUT2D eigenvalue weighted by molar-refractivity contribution is 9.10. The number of H-pyrrole nitrogens is 1. The fourth-order valence-corrected chi connectivity index (χ4v) is 2.19. The molecule has 1 atom stereocenters. The molecule has 126 valence electrons. The second-order valence-electron chi connectivity index (χ2n) is 5.02. The van der Waals surface area contributed by atoms with Crippen LogP contribution in [0.4, 0.5) is 0 Å². The van der Waals surface area contributed by atoms with Gasteiger partial charge in [0.2, 0.25) is 0 Å². The van der Waals surface area contributed by atoms with Crippen molar-refractivity contribution >= 4 is 33.5 Å². The highest BCUT2D eigenvalue weighted by Crippen LogP contribution is 2.18. The third-order valence-corrected chi connectivity index (χ3v) is 3.60. The lowest BCUT2D eigenvalue weighted by molar-refractivity contribution is -0.128. The minimum atomic E-state index is -0.809. The Hall–Kier alpha value is -2.61. The lowest BCUT2D eigenvalue weighted by Crippen LogP contribution is -2.47. The van der Waals surface area contributed by atoms with Crippen molar-refractivity contribution in [2.45, 2.75) is 20.0 Å². The van der Waals surface area contributed by atoms with Crippen molar-refractivity contribution in [1.29, 1.82) is 0 Å². The quantitative estimate of drug-likeness (QED) is 0.535. The molecule has 0 aliphatic heterocycles. The number of hydrazine groups is 1. The molecule has 0 radical (unpaired) electrons. The maximum absolute atomic E-state index is 12.0. The number of benzene rings is 1. The van der Waals surface area contributed by atoms with E-state index >= 15 is 0 Å². The smallest absolute Gasteiger partial charge is 0.286 e. The molecule has 0 saturated heterocycles. The van der Waals surface area contributed by atoms with Crippen molar-refractivity contribution in [2.24, 2.45) is 0 Å². The van der Waals surface area contributed by atoms with Gasteiger partial charge in [0.05, 0.1) is 0 Å². The predicted molar refractivity (Wildman–Crippen MR) is 90.6 cm³/mol. The molecular formula is C16H16BrN3O4. The molecule has 2 aromatic rings. The predicted octanol–water partition coefficient (Wildman–Crippen LogP) is 2.21.